The largest absolute Gasteiger partial charge is 0.350 e. The average Bonchev–Trinajstić information content (AvgIpc) is 2.43. The molecule has 0 bridgehead atoms. The van der Waals surface area contributed by atoms with Crippen molar-refractivity contribution in [1.29, 1.82) is 0 Å². The summed E-state index contributed by atoms with van der Waals surface area (Å²) in [5.41, 5.74) is 6.55. The molecule has 1 atom stereocenters. The second-order valence-corrected chi connectivity index (χ2v) is 5.75. The van der Waals surface area contributed by atoms with Crippen LogP contribution in [0.2, 0.25) is 5.02 Å². The van der Waals surface area contributed by atoms with Crippen molar-refractivity contribution in [3.63, 3.8) is 0 Å². The van der Waals surface area contributed by atoms with Gasteiger partial charge in [0.05, 0.1) is 11.6 Å². The molecule has 0 saturated heterocycles. The highest BCUT2D eigenvalue weighted by molar-refractivity contribution is 7.98. The van der Waals surface area contributed by atoms with Gasteiger partial charge in [-0.2, -0.15) is 11.8 Å². The van der Waals surface area contributed by atoms with Crippen LogP contribution >= 0.6 is 23.4 Å². The molecule has 0 aromatic heterocycles. The molecule has 0 radical (unpaired) electrons. The lowest BCUT2D eigenvalue weighted by molar-refractivity contribution is 0.0939. The van der Waals surface area contributed by atoms with Gasteiger partial charge in [-0.3, -0.25) is 4.79 Å². The van der Waals surface area contributed by atoms with Crippen molar-refractivity contribution in [3.05, 3.63) is 34.3 Å². The van der Waals surface area contributed by atoms with Crippen LogP contribution in [0.5, 0.6) is 0 Å². The summed E-state index contributed by atoms with van der Waals surface area (Å²) < 4.78 is 0. The highest BCUT2D eigenvalue weighted by Gasteiger charge is 2.11. The van der Waals surface area contributed by atoms with Gasteiger partial charge in [-0.25, -0.2) is 0 Å². The van der Waals surface area contributed by atoms with Crippen molar-refractivity contribution in [3.8, 4) is 11.8 Å². The minimum atomic E-state index is -0.112. The molecular formula is C15H19ClN2OS. The Bertz CT molecular complexity index is 522. The van der Waals surface area contributed by atoms with Crippen molar-refractivity contribution >= 4 is 29.3 Å². The third-order valence-corrected chi connectivity index (χ3v) is 3.65. The SMILES string of the molecule is CSCCC(C)NC(=O)c1ccc(C#CCN)c(Cl)c1. The van der Waals surface area contributed by atoms with Gasteiger partial charge in [-0.1, -0.05) is 23.4 Å². The van der Waals surface area contributed by atoms with Crippen LogP contribution in [0.25, 0.3) is 0 Å². The Hall–Kier alpha value is -1.15. The number of amides is 1. The number of carbonyl (C=O) groups is 1. The Morgan fingerprint density at radius 2 is 2.30 bits per heavy atom. The Kier molecular flexibility index (Phi) is 7.53. The van der Waals surface area contributed by atoms with Gasteiger partial charge in [0.25, 0.3) is 5.91 Å². The van der Waals surface area contributed by atoms with Crippen molar-refractivity contribution in [1.82, 2.24) is 5.32 Å². The fourth-order valence-corrected chi connectivity index (χ4v) is 2.39. The van der Waals surface area contributed by atoms with E-state index in [9.17, 15) is 4.79 Å². The Balaban J connectivity index is 2.72. The fraction of sp³-hybridized carbons (Fsp3) is 0.400. The molecule has 1 rings (SSSR count). The summed E-state index contributed by atoms with van der Waals surface area (Å²) in [6.45, 7) is 2.28. The monoisotopic (exact) mass is 310 g/mol. The normalized spacial score (nSPS) is 11.4. The van der Waals surface area contributed by atoms with Gasteiger partial charge in [0.1, 0.15) is 0 Å². The molecule has 20 heavy (non-hydrogen) atoms. The van der Waals surface area contributed by atoms with E-state index in [0.717, 1.165) is 12.2 Å². The number of nitrogens with two attached hydrogens (primary N) is 1. The van der Waals surface area contributed by atoms with Crippen LogP contribution in [0.1, 0.15) is 29.3 Å². The maximum atomic E-state index is 12.1. The molecule has 1 aromatic rings. The van der Waals surface area contributed by atoms with E-state index in [4.69, 9.17) is 17.3 Å². The van der Waals surface area contributed by atoms with E-state index in [1.165, 1.54) is 0 Å². The van der Waals surface area contributed by atoms with Crippen LogP contribution in [-0.4, -0.2) is 30.5 Å². The molecule has 3 N–H and O–H groups in total. The maximum absolute atomic E-state index is 12.1. The van der Waals surface area contributed by atoms with Crippen LogP contribution in [0, 0.1) is 11.8 Å². The Labute approximate surface area is 129 Å². The number of hydrogen-bond acceptors (Lipinski definition) is 3. The number of benzene rings is 1. The summed E-state index contributed by atoms with van der Waals surface area (Å²) in [6, 6.07) is 5.25. The maximum Gasteiger partial charge on any atom is 0.251 e. The molecule has 0 saturated carbocycles. The molecule has 5 heteroatoms. The average molecular weight is 311 g/mol. The first-order valence-electron chi connectivity index (χ1n) is 6.36. The molecule has 1 amide bonds. The first kappa shape index (κ1) is 16.9. The smallest absolute Gasteiger partial charge is 0.251 e. The summed E-state index contributed by atoms with van der Waals surface area (Å²) in [5.74, 6) is 6.52. The van der Waals surface area contributed by atoms with Crippen molar-refractivity contribution in [2.75, 3.05) is 18.6 Å². The molecule has 0 aliphatic rings. The third kappa shape index (κ3) is 5.46. The molecule has 3 nitrogen and oxygen atoms in total. The zero-order valence-electron chi connectivity index (χ0n) is 11.7. The molecule has 108 valence electrons. The van der Waals surface area contributed by atoms with Crippen LogP contribution in [0.3, 0.4) is 0 Å². The van der Waals surface area contributed by atoms with E-state index in [-0.39, 0.29) is 18.5 Å². The highest BCUT2D eigenvalue weighted by Crippen LogP contribution is 2.17. The van der Waals surface area contributed by atoms with Crippen molar-refractivity contribution in [2.24, 2.45) is 5.73 Å². The van der Waals surface area contributed by atoms with E-state index in [1.807, 2.05) is 6.92 Å². The van der Waals surface area contributed by atoms with Gasteiger partial charge in [0.2, 0.25) is 0 Å². The van der Waals surface area contributed by atoms with E-state index < -0.39 is 0 Å². The molecule has 0 spiro atoms. The van der Waals surface area contributed by atoms with Gasteiger partial charge in [0.15, 0.2) is 0 Å². The number of halogens is 1. The van der Waals surface area contributed by atoms with Crippen LogP contribution in [-0.2, 0) is 0 Å². The predicted molar refractivity (Wildman–Crippen MR) is 87.3 cm³/mol. The van der Waals surface area contributed by atoms with Crippen LogP contribution in [0.4, 0.5) is 0 Å². The van der Waals surface area contributed by atoms with Gasteiger partial charge in [-0.15, -0.1) is 0 Å². The van der Waals surface area contributed by atoms with Gasteiger partial charge >= 0.3 is 0 Å². The van der Waals surface area contributed by atoms with Gasteiger partial charge < -0.3 is 11.1 Å². The zero-order chi connectivity index (χ0) is 15.0. The topological polar surface area (TPSA) is 55.1 Å². The van der Waals surface area contributed by atoms with E-state index in [0.29, 0.717) is 16.1 Å². The summed E-state index contributed by atoms with van der Waals surface area (Å²) in [6.07, 6.45) is 3.00. The lowest BCUT2D eigenvalue weighted by Gasteiger charge is -2.13. The lowest BCUT2D eigenvalue weighted by Crippen LogP contribution is -2.32. The molecule has 0 heterocycles. The molecule has 0 aliphatic carbocycles. The number of rotatable bonds is 5. The minimum Gasteiger partial charge on any atom is -0.350 e. The summed E-state index contributed by atoms with van der Waals surface area (Å²) in [5, 5.41) is 3.42. The van der Waals surface area contributed by atoms with Crippen LogP contribution in [0.15, 0.2) is 18.2 Å². The van der Waals surface area contributed by atoms with E-state index >= 15 is 0 Å². The quantitative estimate of drug-likeness (QED) is 0.822. The van der Waals surface area contributed by atoms with Gasteiger partial charge in [-0.05, 0) is 43.6 Å². The van der Waals surface area contributed by atoms with Gasteiger partial charge in [0, 0.05) is 17.2 Å². The number of hydrogen-bond donors (Lipinski definition) is 2. The van der Waals surface area contributed by atoms with E-state index in [2.05, 4.69) is 23.4 Å². The number of thioether (sulfide) groups is 1. The first-order chi connectivity index (χ1) is 9.58. The molecule has 0 aliphatic heterocycles. The number of nitrogens with one attached hydrogen (secondary N) is 1. The highest BCUT2D eigenvalue weighted by atomic mass is 35.5. The van der Waals surface area contributed by atoms with E-state index in [1.54, 1.807) is 30.0 Å². The lowest BCUT2D eigenvalue weighted by atomic mass is 10.1. The van der Waals surface area contributed by atoms with Crippen molar-refractivity contribution in [2.45, 2.75) is 19.4 Å². The van der Waals surface area contributed by atoms with Crippen LogP contribution < -0.4 is 11.1 Å². The fourth-order valence-electron chi connectivity index (χ4n) is 1.58. The molecule has 1 unspecified atom stereocenters. The molecular weight excluding hydrogens is 292 g/mol. The molecule has 0 fully saturated rings. The standard InChI is InChI=1S/C15H19ClN2OS/c1-11(7-9-20-2)18-15(19)13-6-5-12(4-3-8-17)14(16)10-13/h5-6,10-11H,7-9,17H2,1-2H3,(H,18,19). The predicted octanol–water partition coefficient (Wildman–Crippen LogP) is 2.52. The summed E-state index contributed by atoms with van der Waals surface area (Å²) >= 11 is 7.87. The second-order valence-electron chi connectivity index (χ2n) is 4.36. The summed E-state index contributed by atoms with van der Waals surface area (Å²) in [4.78, 5) is 12.1. The van der Waals surface area contributed by atoms with Crippen molar-refractivity contribution < 1.29 is 4.79 Å². The third-order valence-electron chi connectivity index (χ3n) is 2.69. The summed E-state index contributed by atoms with van der Waals surface area (Å²) in [7, 11) is 0. The molecule has 1 aromatic carbocycles. The minimum absolute atomic E-state index is 0.112. The first-order valence-corrected chi connectivity index (χ1v) is 8.14. The second kappa shape index (κ2) is 8.91. The zero-order valence-corrected chi connectivity index (χ0v) is 13.3. The Morgan fingerprint density at radius 3 is 2.90 bits per heavy atom. The number of carbonyl (C=O) groups excluding carboxylic acids is 1. The Morgan fingerprint density at radius 1 is 1.55 bits per heavy atom.